The van der Waals surface area contributed by atoms with Crippen molar-refractivity contribution in [3.63, 3.8) is 0 Å². The number of fused-ring (bicyclic) bond motifs is 1. The van der Waals surface area contributed by atoms with Crippen molar-refractivity contribution in [2.75, 3.05) is 0 Å². The summed E-state index contributed by atoms with van der Waals surface area (Å²) in [5.74, 6) is 0.390. The summed E-state index contributed by atoms with van der Waals surface area (Å²) in [6.45, 7) is 4.16. The maximum atomic E-state index is 11.3. The molecule has 2 aromatic heterocycles. The Bertz CT molecular complexity index is 560. The zero-order valence-electron chi connectivity index (χ0n) is 8.54. The van der Waals surface area contributed by atoms with E-state index in [2.05, 4.69) is 23.8 Å². The van der Waals surface area contributed by atoms with Crippen LogP contribution in [0.4, 0.5) is 0 Å². The van der Waals surface area contributed by atoms with E-state index in [1.807, 2.05) is 12.3 Å². The number of rotatable bonds is 1. The molecule has 0 aliphatic heterocycles. The van der Waals surface area contributed by atoms with Gasteiger partial charge in [0.05, 0.1) is 11.0 Å². The highest BCUT2D eigenvalue weighted by Gasteiger charge is 2.04. The number of hydrogen-bond donors (Lipinski definition) is 1. The zero-order chi connectivity index (χ0) is 11.0. The summed E-state index contributed by atoms with van der Waals surface area (Å²) in [6.07, 6.45) is 1.81. The third-order valence-corrected chi connectivity index (χ3v) is 2.62. The van der Waals surface area contributed by atoms with Crippen molar-refractivity contribution >= 4 is 22.6 Å². The minimum absolute atomic E-state index is 0.173. The van der Waals surface area contributed by atoms with Crippen LogP contribution in [0.25, 0.3) is 11.0 Å². The summed E-state index contributed by atoms with van der Waals surface area (Å²) in [4.78, 5) is 18.3. The number of nitrogens with zero attached hydrogens (tertiary/aromatic N) is 1. The Morgan fingerprint density at radius 1 is 1.40 bits per heavy atom. The van der Waals surface area contributed by atoms with E-state index in [1.54, 1.807) is 6.07 Å². The van der Waals surface area contributed by atoms with Gasteiger partial charge < -0.3 is 4.98 Å². The third kappa shape index (κ3) is 1.88. The lowest BCUT2D eigenvalue weighted by atomic mass is 10.1. The number of H-pyrrole nitrogens is 1. The van der Waals surface area contributed by atoms with Gasteiger partial charge in [0.25, 0.3) is 5.56 Å². The van der Waals surface area contributed by atoms with E-state index < -0.39 is 0 Å². The van der Waals surface area contributed by atoms with Gasteiger partial charge in [-0.25, -0.2) is 0 Å². The summed E-state index contributed by atoms with van der Waals surface area (Å²) in [6, 6.07) is 3.52. The third-order valence-electron chi connectivity index (χ3n) is 2.33. The molecule has 0 aromatic carbocycles. The predicted molar refractivity (Wildman–Crippen MR) is 61.5 cm³/mol. The van der Waals surface area contributed by atoms with Gasteiger partial charge in [-0.2, -0.15) is 0 Å². The molecule has 2 rings (SSSR count). The van der Waals surface area contributed by atoms with Crippen LogP contribution in [-0.2, 0) is 0 Å². The molecule has 3 nitrogen and oxygen atoms in total. The lowest BCUT2D eigenvalue weighted by Crippen LogP contribution is -2.06. The molecule has 0 radical (unpaired) electrons. The quantitative estimate of drug-likeness (QED) is 0.807. The van der Waals surface area contributed by atoms with E-state index >= 15 is 0 Å². The fourth-order valence-electron chi connectivity index (χ4n) is 1.39. The van der Waals surface area contributed by atoms with E-state index in [1.165, 1.54) is 0 Å². The van der Waals surface area contributed by atoms with E-state index in [-0.39, 0.29) is 10.6 Å². The number of aromatic nitrogens is 2. The monoisotopic (exact) mass is 222 g/mol. The van der Waals surface area contributed by atoms with Crippen molar-refractivity contribution in [3.8, 4) is 0 Å². The molecule has 0 bridgehead atoms. The van der Waals surface area contributed by atoms with Gasteiger partial charge in [0.2, 0.25) is 0 Å². The van der Waals surface area contributed by atoms with Crippen molar-refractivity contribution in [3.05, 3.63) is 39.3 Å². The van der Waals surface area contributed by atoms with Gasteiger partial charge in [-0.1, -0.05) is 25.4 Å². The molecule has 0 saturated heterocycles. The van der Waals surface area contributed by atoms with Gasteiger partial charge in [-0.15, -0.1) is 0 Å². The lowest BCUT2D eigenvalue weighted by molar-refractivity contribution is 0.861. The number of pyridine rings is 2. The molecule has 1 N–H and O–H groups in total. The molecule has 15 heavy (non-hydrogen) atoms. The summed E-state index contributed by atoms with van der Waals surface area (Å²) in [5.41, 5.74) is 2.27. The molecule has 2 heterocycles. The second-order valence-corrected chi connectivity index (χ2v) is 4.21. The van der Waals surface area contributed by atoms with Gasteiger partial charge in [-0.05, 0) is 23.6 Å². The summed E-state index contributed by atoms with van der Waals surface area (Å²) in [7, 11) is 0. The van der Waals surface area contributed by atoms with Gasteiger partial charge in [0, 0.05) is 6.20 Å². The minimum Gasteiger partial charge on any atom is -0.319 e. The van der Waals surface area contributed by atoms with Crippen molar-refractivity contribution < 1.29 is 0 Å². The lowest BCUT2D eigenvalue weighted by Gasteiger charge is -2.05. The Morgan fingerprint density at radius 2 is 2.13 bits per heavy atom. The molecule has 0 aliphatic rings. The highest BCUT2D eigenvalue weighted by atomic mass is 35.5. The Morgan fingerprint density at radius 3 is 2.80 bits per heavy atom. The molecule has 4 heteroatoms. The van der Waals surface area contributed by atoms with Crippen LogP contribution in [0, 0.1) is 0 Å². The Hall–Kier alpha value is -1.35. The number of halogens is 1. The van der Waals surface area contributed by atoms with Crippen molar-refractivity contribution in [2.45, 2.75) is 19.8 Å². The largest absolute Gasteiger partial charge is 0.319 e. The standard InChI is InChI=1S/C11H11ClN2O/c1-6(2)7-3-10-9(13-5-7)4-8(12)11(15)14-10/h3-6H,1-2H3,(H,14,15). The van der Waals surface area contributed by atoms with Gasteiger partial charge in [0.15, 0.2) is 0 Å². The SMILES string of the molecule is CC(C)c1cnc2cc(Cl)c(=O)[nH]c2c1. The fourth-order valence-corrected chi connectivity index (χ4v) is 1.54. The second-order valence-electron chi connectivity index (χ2n) is 3.80. The summed E-state index contributed by atoms with van der Waals surface area (Å²) in [5, 5.41) is 0.173. The normalized spacial score (nSPS) is 11.2. The molecule has 2 aromatic rings. The Balaban J connectivity index is 2.72. The maximum absolute atomic E-state index is 11.3. The zero-order valence-corrected chi connectivity index (χ0v) is 9.30. The number of aromatic amines is 1. The second kappa shape index (κ2) is 3.66. The smallest absolute Gasteiger partial charge is 0.267 e. The van der Waals surface area contributed by atoms with Gasteiger partial charge in [-0.3, -0.25) is 9.78 Å². The average Bonchev–Trinajstić information content (AvgIpc) is 2.19. The van der Waals surface area contributed by atoms with Crippen LogP contribution in [0.1, 0.15) is 25.3 Å². The summed E-state index contributed by atoms with van der Waals surface area (Å²) < 4.78 is 0. The van der Waals surface area contributed by atoms with Crippen LogP contribution >= 0.6 is 11.6 Å². The Labute approximate surface area is 92.1 Å². The van der Waals surface area contributed by atoms with Crippen LogP contribution in [0.3, 0.4) is 0 Å². The van der Waals surface area contributed by atoms with Crippen molar-refractivity contribution in [1.29, 1.82) is 0 Å². The molecule has 0 unspecified atom stereocenters. The molecule has 0 spiro atoms. The molecule has 0 amide bonds. The van der Waals surface area contributed by atoms with Gasteiger partial charge >= 0.3 is 0 Å². The van der Waals surface area contributed by atoms with Crippen molar-refractivity contribution in [2.24, 2.45) is 0 Å². The Kier molecular flexibility index (Phi) is 2.49. The maximum Gasteiger partial charge on any atom is 0.267 e. The first-order chi connectivity index (χ1) is 7.08. The molecular formula is C11H11ClN2O. The number of hydrogen-bond acceptors (Lipinski definition) is 2. The van der Waals surface area contributed by atoms with Crippen LogP contribution in [0.5, 0.6) is 0 Å². The molecule has 0 saturated carbocycles. The van der Waals surface area contributed by atoms with Crippen LogP contribution in [0.2, 0.25) is 5.02 Å². The highest BCUT2D eigenvalue weighted by molar-refractivity contribution is 6.30. The molecule has 78 valence electrons. The van der Waals surface area contributed by atoms with Crippen LogP contribution in [-0.4, -0.2) is 9.97 Å². The molecule has 0 aliphatic carbocycles. The number of nitrogens with one attached hydrogen (secondary N) is 1. The topological polar surface area (TPSA) is 45.8 Å². The molecule has 0 atom stereocenters. The van der Waals surface area contributed by atoms with Crippen LogP contribution < -0.4 is 5.56 Å². The van der Waals surface area contributed by atoms with E-state index in [0.717, 1.165) is 11.1 Å². The van der Waals surface area contributed by atoms with Gasteiger partial charge in [0.1, 0.15) is 5.02 Å². The predicted octanol–water partition coefficient (Wildman–Crippen LogP) is 2.70. The molecule has 0 fully saturated rings. The first-order valence-corrected chi connectivity index (χ1v) is 5.14. The highest BCUT2D eigenvalue weighted by Crippen LogP contribution is 2.18. The van der Waals surface area contributed by atoms with Crippen LogP contribution in [0.15, 0.2) is 23.1 Å². The van der Waals surface area contributed by atoms with E-state index in [4.69, 9.17) is 11.6 Å². The first-order valence-electron chi connectivity index (χ1n) is 4.76. The first kappa shape index (κ1) is 10.2. The molecular weight excluding hydrogens is 212 g/mol. The average molecular weight is 223 g/mol. The minimum atomic E-state index is -0.271. The fraction of sp³-hybridized carbons (Fsp3) is 0.273. The summed E-state index contributed by atoms with van der Waals surface area (Å²) >= 11 is 5.71. The van der Waals surface area contributed by atoms with E-state index in [0.29, 0.717) is 11.4 Å². The van der Waals surface area contributed by atoms with E-state index in [9.17, 15) is 4.79 Å². The van der Waals surface area contributed by atoms with Crippen molar-refractivity contribution in [1.82, 2.24) is 9.97 Å².